The average Bonchev–Trinajstić information content (AvgIpc) is 2.51. The highest BCUT2D eigenvalue weighted by atomic mass is 79.9. The smallest absolute Gasteiger partial charge is 0.327 e. The summed E-state index contributed by atoms with van der Waals surface area (Å²) in [4.78, 5) is 56.5. The van der Waals surface area contributed by atoms with Gasteiger partial charge in [-0.1, -0.05) is 28.1 Å². The van der Waals surface area contributed by atoms with E-state index in [-0.39, 0.29) is 22.8 Å². The molecule has 0 radical (unpaired) electrons. The van der Waals surface area contributed by atoms with Crippen LogP contribution in [0.2, 0.25) is 0 Å². The molecule has 0 aliphatic heterocycles. The molecule has 2 aromatic heterocycles. The molecule has 0 unspecified atom stereocenters. The lowest BCUT2D eigenvalue weighted by atomic mass is 9.86. The van der Waals surface area contributed by atoms with Gasteiger partial charge >= 0.3 is 11.4 Å². The van der Waals surface area contributed by atoms with Crippen LogP contribution in [-0.2, 0) is 0 Å². The van der Waals surface area contributed by atoms with Crippen molar-refractivity contribution in [1.82, 2.24) is 19.9 Å². The molecule has 0 aliphatic carbocycles. The van der Waals surface area contributed by atoms with Gasteiger partial charge in [0.15, 0.2) is 0 Å². The number of nitrogen functional groups attached to an aromatic ring is 2. The normalized spacial score (nSPS) is 11.0. The largest absolute Gasteiger partial charge is 0.385 e. The van der Waals surface area contributed by atoms with E-state index in [4.69, 9.17) is 11.5 Å². The third-order valence-electron chi connectivity index (χ3n) is 3.78. The molecule has 0 fully saturated rings. The number of rotatable bonds is 3. The van der Waals surface area contributed by atoms with Crippen molar-refractivity contribution in [3.63, 3.8) is 0 Å². The van der Waals surface area contributed by atoms with Gasteiger partial charge in [-0.05, 0) is 17.7 Å². The van der Waals surface area contributed by atoms with Crippen LogP contribution in [0.3, 0.4) is 0 Å². The van der Waals surface area contributed by atoms with Crippen LogP contribution in [0.25, 0.3) is 0 Å². The molecule has 0 aliphatic rings. The number of nitrogens with two attached hydrogens (primary N) is 2. The third kappa shape index (κ3) is 3.11. The van der Waals surface area contributed by atoms with Gasteiger partial charge in [-0.15, -0.1) is 0 Å². The number of anilines is 2. The second kappa shape index (κ2) is 6.52. The molecule has 3 aromatic rings. The Morgan fingerprint density at radius 1 is 0.808 bits per heavy atom. The molecule has 10 nitrogen and oxygen atoms in total. The third-order valence-corrected chi connectivity index (χ3v) is 4.27. The van der Waals surface area contributed by atoms with Gasteiger partial charge in [0, 0.05) is 4.47 Å². The predicted octanol–water partition coefficient (Wildman–Crippen LogP) is -0.453. The quantitative estimate of drug-likeness (QED) is 0.333. The monoisotopic (exact) mass is 420 g/mol. The van der Waals surface area contributed by atoms with Crippen LogP contribution in [0, 0.1) is 0 Å². The fourth-order valence-corrected chi connectivity index (χ4v) is 3.18. The van der Waals surface area contributed by atoms with Crippen LogP contribution >= 0.6 is 15.9 Å². The van der Waals surface area contributed by atoms with Crippen molar-refractivity contribution < 1.29 is 0 Å². The summed E-state index contributed by atoms with van der Waals surface area (Å²) in [5, 5.41) is 0. The summed E-state index contributed by atoms with van der Waals surface area (Å²) in [7, 11) is 0. The molecule has 1 aromatic carbocycles. The molecule has 8 N–H and O–H groups in total. The first-order valence-electron chi connectivity index (χ1n) is 7.27. The van der Waals surface area contributed by atoms with Gasteiger partial charge in [-0.25, -0.2) is 9.59 Å². The molecule has 0 atom stereocenters. The Balaban J connectivity index is 2.44. The van der Waals surface area contributed by atoms with Crippen molar-refractivity contribution in [3.8, 4) is 0 Å². The standard InChI is InChI=1S/C15H13BrN6O4/c16-6-3-1-2-5(4-6)7(8-10(17)19-14(25)21-12(8)23)9-11(18)20-15(26)22-13(9)24/h1-4,7H,(H4,17,19,21,23,25)(H4,18,20,22,24,26). The molecule has 11 heteroatoms. The Morgan fingerprint density at radius 3 is 1.73 bits per heavy atom. The maximum atomic E-state index is 12.4. The van der Waals surface area contributed by atoms with Crippen molar-refractivity contribution in [2.45, 2.75) is 5.92 Å². The van der Waals surface area contributed by atoms with Crippen molar-refractivity contribution in [3.05, 3.63) is 87.1 Å². The van der Waals surface area contributed by atoms with Gasteiger partial charge in [-0.3, -0.25) is 29.5 Å². The lowest BCUT2D eigenvalue weighted by Crippen LogP contribution is -2.34. The highest BCUT2D eigenvalue weighted by molar-refractivity contribution is 9.10. The number of aromatic nitrogens is 4. The Labute approximate surface area is 152 Å². The molecule has 2 heterocycles. The zero-order valence-corrected chi connectivity index (χ0v) is 14.6. The van der Waals surface area contributed by atoms with E-state index in [1.807, 2.05) is 0 Å². The number of H-pyrrole nitrogens is 4. The Kier molecular flexibility index (Phi) is 4.38. The molecule has 3 rings (SSSR count). The van der Waals surface area contributed by atoms with Crippen molar-refractivity contribution >= 4 is 27.6 Å². The summed E-state index contributed by atoms with van der Waals surface area (Å²) in [6, 6.07) is 6.77. The Morgan fingerprint density at radius 2 is 1.31 bits per heavy atom. The second-order valence-corrected chi connectivity index (χ2v) is 6.37. The van der Waals surface area contributed by atoms with Crippen molar-refractivity contribution in [1.29, 1.82) is 0 Å². The van der Waals surface area contributed by atoms with E-state index in [2.05, 4.69) is 35.9 Å². The maximum absolute atomic E-state index is 12.4. The molecule has 0 bridgehead atoms. The number of nitrogens with one attached hydrogen (secondary N) is 4. The van der Waals surface area contributed by atoms with E-state index < -0.39 is 28.4 Å². The topological polar surface area (TPSA) is 183 Å². The fourth-order valence-electron chi connectivity index (χ4n) is 2.76. The summed E-state index contributed by atoms with van der Waals surface area (Å²) in [5.41, 5.74) is 8.92. The van der Waals surface area contributed by atoms with E-state index in [1.54, 1.807) is 24.3 Å². The van der Waals surface area contributed by atoms with E-state index in [0.717, 1.165) is 0 Å². The lowest BCUT2D eigenvalue weighted by molar-refractivity contribution is 0.869. The van der Waals surface area contributed by atoms with Gasteiger partial charge in [0.25, 0.3) is 11.1 Å². The van der Waals surface area contributed by atoms with Gasteiger partial charge in [0.1, 0.15) is 11.6 Å². The molecule has 0 saturated heterocycles. The lowest BCUT2D eigenvalue weighted by Gasteiger charge is -2.19. The molecule has 26 heavy (non-hydrogen) atoms. The minimum absolute atomic E-state index is 0.0769. The van der Waals surface area contributed by atoms with Crippen LogP contribution in [0.5, 0.6) is 0 Å². The average molecular weight is 421 g/mol. The van der Waals surface area contributed by atoms with Crippen LogP contribution in [0.15, 0.2) is 47.9 Å². The van der Waals surface area contributed by atoms with Crippen LogP contribution in [0.1, 0.15) is 22.6 Å². The number of hydrogen-bond donors (Lipinski definition) is 6. The molecule has 0 saturated carbocycles. The summed E-state index contributed by atoms with van der Waals surface area (Å²) >= 11 is 3.32. The first-order valence-corrected chi connectivity index (χ1v) is 8.06. The predicted molar refractivity (Wildman–Crippen MR) is 99.3 cm³/mol. The van der Waals surface area contributed by atoms with E-state index in [1.165, 1.54) is 0 Å². The first kappa shape index (κ1) is 17.5. The van der Waals surface area contributed by atoms with Crippen LogP contribution < -0.4 is 34.0 Å². The number of hydrogen-bond acceptors (Lipinski definition) is 6. The molecular formula is C15H13BrN6O4. The zero-order valence-electron chi connectivity index (χ0n) is 13.1. The van der Waals surface area contributed by atoms with E-state index in [9.17, 15) is 19.2 Å². The van der Waals surface area contributed by atoms with E-state index >= 15 is 0 Å². The highest BCUT2D eigenvalue weighted by Crippen LogP contribution is 2.33. The van der Waals surface area contributed by atoms with Gasteiger partial charge < -0.3 is 11.5 Å². The first-order chi connectivity index (χ1) is 12.3. The second-order valence-electron chi connectivity index (χ2n) is 5.46. The highest BCUT2D eigenvalue weighted by Gasteiger charge is 2.28. The minimum atomic E-state index is -1.03. The number of benzene rings is 1. The molecule has 134 valence electrons. The van der Waals surface area contributed by atoms with Crippen LogP contribution in [-0.4, -0.2) is 19.9 Å². The maximum Gasteiger partial charge on any atom is 0.327 e. The molecular weight excluding hydrogens is 408 g/mol. The number of halogens is 1. The SMILES string of the molecule is Nc1[nH]c(=O)[nH]c(=O)c1C(c1cccc(Br)c1)c1c(N)[nH]c(=O)[nH]c1=O. The summed E-state index contributed by atoms with van der Waals surface area (Å²) < 4.78 is 0.679. The number of aromatic amines is 4. The van der Waals surface area contributed by atoms with Crippen molar-refractivity contribution in [2.24, 2.45) is 0 Å². The van der Waals surface area contributed by atoms with Gasteiger partial charge in [0.05, 0.1) is 17.0 Å². The summed E-state index contributed by atoms with van der Waals surface area (Å²) in [6.45, 7) is 0. The summed E-state index contributed by atoms with van der Waals surface area (Å²) in [6.07, 6.45) is 0. The van der Waals surface area contributed by atoms with Gasteiger partial charge in [0.2, 0.25) is 0 Å². The van der Waals surface area contributed by atoms with E-state index in [0.29, 0.717) is 10.0 Å². The molecule has 0 amide bonds. The zero-order chi connectivity index (χ0) is 19.0. The minimum Gasteiger partial charge on any atom is -0.385 e. The van der Waals surface area contributed by atoms with Crippen LogP contribution in [0.4, 0.5) is 11.6 Å². The molecule has 0 spiro atoms. The Bertz CT molecular complexity index is 1150. The van der Waals surface area contributed by atoms with Crippen molar-refractivity contribution in [2.75, 3.05) is 11.5 Å². The fraction of sp³-hybridized carbons (Fsp3) is 0.0667. The van der Waals surface area contributed by atoms with Gasteiger partial charge in [-0.2, -0.15) is 0 Å². The Hall–Kier alpha value is -3.34. The summed E-state index contributed by atoms with van der Waals surface area (Å²) in [5.74, 6) is -1.46.